The summed E-state index contributed by atoms with van der Waals surface area (Å²) in [6.45, 7) is 4.45. The molecule has 2 heterocycles. The molecule has 8 heteroatoms. The molecule has 0 radical (unpaired) electrons. The Kier molecular flexibility index (Phi) is 6.00. The van der Waals surface area contributed by atoms with E-state index in [1.165, 1.54) is 11.3 Å². The minimum absolute atomic E-state index is 0.262. The van der Waals surface area contributed by atoms with E-state index >= 15 is 0 Å². The largest absolute Gasteiger partial charge is 0.378 e. The maximum absolute atomic E-state index is 12.6. The first kappa shape index (κ1) is 20.0. The monoisotopic (exact) mass is 421 g/mol. The molecule has 2 aromatic heterocycles. The van der Waals surface area contributed by atoms with E-state index in [1.54, 1.807) is 17.4 Å². The fraction of sp³-hybridized carbons (Fsp3) is 0.316. The molecule has 0 amide bonds. The number of thiophene rings is 1. The molecule has 0 fully saturated rings. The Labute approximate surface area is 168 Å². The Morgan fingerprint density at radius 1 is 1.11 bits per heavy atom. The summed E-state index contributed by atoms with van der Waals surface area (Å²) in [6.07, 6.45) is 0. The van der Waals surface area contributed by atoms with Gasteiger partial charge in [-0.3, -0.25) is 0 Å². The maximum Gasteiger partial charge on any atom is 0.250 e. The number of rotatable bonds is 7. The molecule has 0 aliphatic heterocycles. The topological polar surface area (TPSA) is 62.3 Å². The van der Waals surface area contributed by atoms with Gasteiger partial charge in [-0.25, -0.2) is 18.1 Å². The highest BCUT2D eigenvalue weighted by molar-refractivity contribution is 7.91. The fourth-order valence-electron chi connectivity index (χ4n) is 2.41. The second-order valence-corrected chi connectivity index (χ2v) is 10.5. The van der Waals surface area contributed by atoms with Gasteiger partial charge in [-0.05, 0) is 29.7 Å². The van der Waals surface area contributed by atoms with Crippen LogP contribution in [0.5, 0.6) is 0 Å². The molecule has 144 valence electrons. The van der Waals surface area contributed by atoms with Crippen molar-refractivity contribution >= 4 is 38.4 Å². The standard InChI is InChI=1S/C19H23N3O2S3/c1-13(2)17-12-26-19(21-17)15-9-18(25-11-15)27(23,24)20-10-14-5-7-16(8-6-14)22(3)4/h5-9,11-13,20H,10H2,1-4H3. The van der Waals surface area contributed by atoms with E-state index in [9.17, 15) is 8.42 Å². The molecular formula is C19H23N3O2S3. The van der Waals surface area contributed by atoms with Gasteiger partial charge in [0.2, 0.25) is 10.0 Å². The number of benzene rings is 1. The summed E-state index contributed by atoms with van der Waals surface area (Å²) < 4.78 is 28.2. The molecule has 0 aliphatic carbocycles. The van der Waals surface area contributed by atoms with Crippen LogP contribution in [0.4, 0.5) is 5.69 Å². The molecular weight excluding hydrogens is 398 g/mol. The molecule has 0 atom stereocenters. The first-order chi connectivity index (χ1) is 12.8. The number of sulfonamides is 1. The molecule has 0 saturated heterocycles. The summed E-state index contributed by atoms with van der Waals surface area (Å²) >= 11 is 2.77. The first-order valence-electron chi connectivity index (χ1n) is 8.56. The minimum atomic E-state index is -3.55. The Morgan fingerprint density at radius 3 is 2.41 bits per heavy atom. The van der Waals surface area contributed by atoms with Crippen molar-refractivity contribution in [3.8, 4) is 10.6 Å². The quantitative estimate of drug-likeness (QED) is 0.608. The van der Waals surface area contributed by atoms with Gasteiger partial charge in [0.25, 0.3) is 0 Å². The molecule has 0 aliphatic rings. The van der Waals surface area contributed by atoms with Gasteiger partial charge >= 0.3 is 0 Å². The van der Waals surface area contributed by atoms with Gasteiger partial charge in [-0.2, -0.15) is 0 Å². The number of hydrogen-bond acceptors (Lipinski definition) is 6. The number of thiazole rings is 1. The van der Waals surface area contributed by atoms with Crippen molar-refractivity contribution in [1.82, 2.24) is 9.71 Å². The highest BCUT2D eigenvalue weighted by Gasteiger charge is 2.18. The molecule has 1 N–H and O–H groups in total. The SMILES string of the molecule is CC(C)c1csc(-c2csc(S(=O)(=O)NCc3ccc(N(C)C)cc3)c2)n1. The lowest BCUT2D eigenvalue weighted by Crippen LogP contribution is -2.22. The van der Waals surface area contributed by atoms with Crippen molar-refractivity contribution in [1.29, 1.82) is 0 Å². The van der Waals surface area contributed by atoms with Crippen LogP contribution in [0.3, 0.4) is 0 Å². The number of aromatic nitrogens is 1. The van der Waals surface area contributed by atoms with Crippen molar-refractivity contribution in [2.75, 3.05) is 19.0 Å². The van der Waals surface area contributed by atoms with Crippen molar-refractivity contribution in [2.24, 2.45) is 0 Å². The van der Waals surface area contributed by atoms with Crippen LogP contribution < -0.4 is 9.62 Å². The molecule has 3 aromatic rings. The second kappa shape index (κ2) is 8.10. The van der Waals surface area contributed by atoms with E-state index in [0.717, 1.165) is 27.5 Å². The van der Waals surface area contributed by atoms with Crippen LogP contribution in [0.25, 0.3) is 10.6 Å². The molecule has 0 unspecified atom stereocenters. The van der Waals surface area contributed by atoms with E-state index in [0.29, 0.717) is 10.1 Å². The van der Waals surface area contributed by atoms with E-state index < -0.39 is 10.0 Å². The predicted octanol–water partition coefficient (Wildman–Crippen LogP) is 4.54. The third-order valence-corrected chi connectivity index (χ3v) is 7.87. The van der Waals surface area contributed by atoms with Gasteiger partial charge < -0.3 is 4.90 Å². The summed E-state index contributed by atoms with van der Waals surface area (Å²) in [6, 6.07) is 9.51. The molecule has 3 rings (SSSR count). The first-order valence-corrected chi connectivity index (χ1v) is 11.8. The predicted molar refractivity (Wildman–Crippen MR) is 114 cm³/mol. The van der Waals surface area contributed by atoms with Crippen LogP contribution in [0, 0.1) is 0 Å². The normalized spacial score (nSPS) is 11.9. The van der Waals surface area contributed by atoms with Crippen molar-refractivity contribution in [3.05, 3.63) is 52.3 Å². The van der Waals surface area contributed by atoms with Crippen LogP contribution in [-0.2, 0) is 16.6 Å². The van der Waals surface area contributed by atoms with Crippen molar-refractivity contribution < 1.29 is 8.42 Å². The van der Waals surface area contributed by atoms with E-state index in [1.807, 2.05) is 54.0 Å². The molecule has 27 heavy (non-hydrogen) atoms. The Hall–Kier alpha value is -1.74. The summed E-state index contributed by atoms with van der Waals surface area (Å²) in [7, 11) is 0.395. The van der Waals surface area contributed by atoms with Crippen LogP contribution in [-0.4, -0.2) is 27.5 Å². The fourth-order valence-corrected chi connectivity index (χ4v) is 5.69. The third-order valence-electron chi connectivity index (χ3n) is 4.12. The average Bonchev–Trinajstić information content (AvgIpc) is 3.29. The van der Waals surface area contributed by atoms with Gasteiger partial charge in [-0.1, -0.05) is 26.0 Å². The lowest BCUT2D eigenvalue weighted by atomic mass is 10.2. The van der Waals surface area contributed by atoms with Gasteiger partial charge in [0, 0.05) is 42.7 Å². The summed E-state index contributed by atoms with van der Waals surface area (Å²) in [4.78, 5) is 6.60. The molecule has 1 aromatic carbocycles. The number of nitrogens with zero attached hydrogens (tertiary/aromatic N) is 2. The number of hydrogen-bond donors (Lipinski definition) is 1. The highest BCUT2D eigenvalue weighted by atomic mass is 32.2. The Morgan fingerprint density at radius 2 is 1.81 bits per heavy atom. The molecule has 0 saturated carbocycles. The molecule has 0 spiro atoms. The van der Waals surface area contributed by atoms with Crippen molar-refractivity contribution in [3.63, 3.8) is 0 Å². The summed E-state index contributed by atoms with van der Waals surface area (Å²) in [5, 5.41) is 4.74. The van der Waals surface area contributed by atoms with Crippen LogP contribution in [0.2, 0.25) is 0 Å². The van der Waals surface area contributed by atoms with Crippen LogP contribution in [0.15, 0.2) is 45.3 Å². The maximum atomic E-state index is 12.6. The van der Waals surface area contributed by atoms with E-state index in [2.05, 4.69) is 23.6 Å². The minimum Gasteiger partial charge on any atom is -0.378 e. The van der Waals surface area contributed by atoms with Crippen LogP contribution in [0.1, 0.15) is 31.0 Å². The van der Waals surface area contributed by atoms with Crippen molar-refractivity contribution in [2.45, 2.75) is 30.5 Å². The summed E-state index contributed by atoms with van der Waals surface area (Å²) in [5.41, 5.74) is 3.88. The molecule has 0 bridgehead atoms. The third kappa shape index (κ3) is 4.76. The van der Waals surface area contributed by atoms with Crippen LogP contribution >= 0.6 is 22.7 Å². The second-order valence-electron chi connectivity index (χ2n) is 6.77. The average molecular weight is 422 g/mol. The zero-order chi connectivity index (χ0) is 19.6. The van der Waals surface area contributed by atoms with Gasteiger partial charge in [-0.15, -0.1) is 22.7 Å². The number of anilines is 1. The van der Waals surface area contributed by atoms with Gasteiger partial charge in [0.15, 0.2) is 0 Å². The number of nitrogens with one attached hydrogen (secondary N) is 1. The Balaban J connectivity index is 1.70. The smallest absolute Gasteiger partial charge is 0.250 e. The summed E-state index contributed by atoms with van der Waals surface area (Å²) in [5.74, 6) is 0.359. The van der Waals surface area contributed by atoms with Gasteiger partial charge in [0.1, 0.15) is 9.22 Å². The van der Waals surface area contributed by atoms with E-state index in [4.69, 9.17) is 0 Å². The van der Waals surface area contributed by atoms with E-state index in [-0.39, 0.29) is 6.54 Å². The highest BCUT2D eigenvalue weighted by Crippen LogP contribution is 2.32. The zero-order valence-electron chi connectivity index (χ0n) is 15.8. The lowest BCUT2D eigenvalue weighted by molar-refractivity contribution is 0.583. The molecule has 5 nitrogen and oxygen atoms in total. The Bertz CT molecular complexity index is 1000. The van der Waals surface area contributed by atoms with Gasteiger partial charge in [0.05, 0.1) is 5.69 Å². The lowest BCUT2D eigenvalue weighted by Gasteiger charge is -2.12. The zero-order valence-corrected chi connectivity index (χ0v) is 18.2.